The normalized spacial score (nSPS) is 10.1. The molecule has 0 atom stereocenters. The topological polar surface area (TPSA) is 134 Å². The zero-order chi connectivity index (χ0) is 15.8. The summed E-state index contributed by atoms with van der Waals surface area (Å²) in [7, 11) is 1.54. The van der Waals surface area contributed by atoms with E-state index in [2.05, 4.69) is 10.4 Å². The molecule has 21 heavy (non-hydrogen) atoms. The van der Waals surface area contributed by atoms with Crippen molar-refractivity contribution in [2.45, 2.75) is 6.54 Å². The van der Waals surface area contributed by atoms with Crippen LogP contribution < -0.4 is 5.32 Å². The Morgan fingerprint density at radius 1 is 1.33 bits per heavy atom. The number of carboxylic acid groups (broad SMARTS) is 2. The first kappa shape index (κ1) is 16.4. The van der Waals surface area contributed by atoms with Gasteiger partial charge in [-0.15, -0.1) is 0 Å². The molecule has 116 valence electrons. The first-order valence-electron chi connectivity index (χ1n) is 5.93. The van der Waals surface area contributed by atoms with Crippen molar-refractivity contribution in [1.82, 2.24) is 14.7 Å². The van der Waals surface area contributed by atoms with Crippen LogP contribution in [-0.4, -0.2) is 69.7 Å². The molecule has 0 aliphatic carbocycles. The lowest BCUT2D eigenvalue weighted by atomic mass is 10.4. The van der Waals surface area contributed by atoms with Crippen molar-refractivity contribution in [1.29, 1.82) is 0 Å². The molecule has 2 amide bonds. The summed E-state index contributed by atoms with van der Waals surface area (Å²) in [6.07, 6.45) is 2.89. The van der Waals surface area contributed by atoms with Gasteiger partial charge in [-0.2, -0.15) is 5.10 Å². The molecule has 0 saturated heterocycles. The highest BCUT2D eigenvalue weighted by Gasteiger charge is 2.20. The van der Waals surface area contributed by atoms with Gasteiger partial charge in [-0.1, -0.05) is 0 Å². The van der Waals surface area contributed by atoms with Crippen LogP contribution in [0.15, 0.2) is 12.4 Å². The Morgan fingerprint density at radius 2 is 1.95 bits per heavy atom. The Balaban J connectivity index is 2.64. The van der Waals surface area contributed by atoms with Crippen molar-refractivity contribution in [3.05, 3.63) is 12.4 Å². The molecule has 1 aromatic rings. The van der Waals surface area contributed by atoms with Crippen LogP contribution in [0.2, 0.25) is 0 Å². The molecule has 0 fully saturated rings. The Hall–Kier alpha value is -2.62. The van der Waals surface area contributed by atoms with Crippen molar-refractivity contribution < 1.29 is 29.3 Å². The van der Waals surface area contributed by atoms with Gasteiger partial charge in [0.2, 0.25) is 0 Å². The number of methoxy groups -OCH3 is 1. The maximum Gasteiger partial charge on any atom is 0.323 e. The van der Waals surface area contributed by atoms with Crippen LogP contribution in [0, 0.1) is 0 Å². The second kappa shape index (κ2) is 7.85. The summed E-state index contributed by atoms with van der Waals surface area (Å²) in [6.45, 7) is -0.495. The fourth-order valence-corrected chi connectivity index (χ4v) is 1.46. The monoisotopic (exact) mass is 300 g/mol. The maximum absolute atomic E-state index is 11.8. The molecule has 0 spiro atoms. The van der Waals surface area contributed by atoms with E-state index in [1.807, 2.05) is 0 Å². The quantitative estimate of drug-likeness (QED) is 0.591. The molecule has 1 rings (SSSR count). The summed E-state index contributed by atoms with van der Waals surface area (Å²) in [4.78, 5) is 33.7. The number of rotatable bonds is 8. The number of aliphatic carboxylic acids is 2. The second-order valence-electron chi connectivity index (χ2n) is 4.06. The van der Waals surface area contributed by atoms with Crippen molar-refractivity contribution in [2.24, 2.45) is 0 Å². The summed E-state index contributed by atoms with van der Waals surface area (Å²) < 4.78 is 6.40. The van der Waals surface area contributed by atoms with Crippen molar-refractivity contribution in [3.8, 4) is 0 Å². The average molecular weight is 300 g/mol. The smallest absolute Gasteiger partial charge is 0.323 e. The number of hydrogen-bond donors (Lipinski definition) is 3. The summed E-state index contributed by atoms with van der Waals surface area (Å²) in [5.41, 5.74) is 0.330. The van der Waals surface area contributed by atoms with Gasteiger partial charge in [0.25, 0.3) is 0 Å². The van der Waals surface area contributed by atoms with Gasteiger partial charge in [0, 0.05) is 13.3 Å². The van der Waals surface area contributed by atoms with Crippen molar-refractivity contribution >= 4 is 23.7 Å². The van der Waals surface area contributed by atoms with E-state index in [0.29, 0.717) is 23.7 Å². The molecule has 0 aromatic carbocycles. The van der Waals surface area contributed by atoms with E-state index in [1.54, 1.807) is 7.11 Å². The van der Waals surface area contributed by atoms with Gasteiger partial charge >= 0.3 is 18.0 Å². The van der Waals surface area contributed by atoms with Crippen LogP contribution in [-0.2, 0) is 20.9 Å². The Labute approximate surface area is 119 Å². The highest BCUT2D eigenvalue weighted by Crippen LogP contribution is 2.06. The molecule has 0 aliphatic heterocycles. The second-order valence-corrected chi connectivity index (χ2v) is 4.06. The third-order valence-corrected chi connectivity index (χ3v) is 2.35. The molecule has 0 saturated carbocycles. The number of amides is 2. The molecule has 3 N–H and O–H groups in total. The van der Waals surface area contributed by atoms with E-state index >= 15 is 0 Å². The molecule has 10 heteroatoms. The molecule has 0 bridgehead atoms. The molecule has 0 radical (unpaired) electrons. The van der Waals surface area contributed by atoms with Crippen molar-refractivity contribution in [3.63, 3.8) is 0 Å². The molecule has 0 aliphatic rings. The van der Waals surface area contributed by atoms with Crippen LogP contribution in [0.25, 0.3) is 0 Å². The van der Waals surface area contributed by atoms with E-state index in [4.69, 9.17) is 14.9 Å². The Kier molecular flexibility index (Phi) is 6.14. The molecular formula is C11H16N4O6. The molecule has 1 heterocycles. The third-order valence-electron chi connectivity index (χ3n) is 2.35. The minimum absolute atomic E-state index is 0.330. The van der Waals surface area contributed by atoms with E-state index in [0.717, 1.165) is 0 Å². The lowest BCUT2D eigenvalue weighted by Gasteiger charge is -2.18. The van der Waals surface area contributed by atoms with Crippen LogP contribution in [0.4, 0.5) is 10.5 Å². The average Bonchev–Trinajstić information content (AvgIpc) is 2.82. The fourth-order valence-electron chi connectivity index (χ4n) is 1.46. The number of carbonyl (C=O) groups excluding carboxylic acids is 1. The zero-order valence-electron chi connectivity index (χ0n) is 11.4. The highest BCUT2D eigenvalue weighted by atomic mass is 16.5. The van der Waals surface area contributed by atoms with Gasteiger partial charge in [0.05, 0.1) is 25.0 Å². The van der Waals surface area contributed by atoms with E-state index < -0.39 is 31.1 Å². The molecule has 1 aromatic heterocycles. The summed E-state index contributed by atoms with van der Waals surface area (Å²) in [6, 6.07) is -0.828. The highest BCUT2D eigenvalue weighted by molar-refractivity contribution is 5.93. The predicted molar refractivity (Wildman–Crippen MR) is 70.0 cm³/mol. The standard InChI is InChI=1S/C11H16N4O6/c1-21-3-2-15-5-8(4-12-15)13-11(20)14(6-9(16)17)7-10(18)19/h4-5H,2-3,6-7H2,1H3,(H,13,20)(H,16,17)(H,18,19). The maximum atomic E-state index is 11.8. The van der Waals surface area contributed by atoms with Crippen LogP contribution in [0.3, 0.4) is 0 Å². The van der Waals surface area contributed by atoms with Crippen molar-refractivity contribution in [2.75, 3.05) is 32.1 Å². The first-order valence-corrected chi connectivity index (χ1v) is 5.93. The number of urea groups is 1. The van der Waals surface area contributed by atoms with E-state index in [9.17, 15) is 14.4 Å². The zero-order valence-corrected chi connectivity index (χ0v) is 11.4. The number of nitrogens with one attached hydrogen (secondary N) is 1. The summed E-state index contributed by atoms with van der Waals surface area (Å²) in [5.74, 6) is -2.61. The van der Waals surface area contributed by atoms with Gasteiger partial charge in [-0.25, -0.2) is 4.79 Å². The van der Waals surface area contributed by atoms with E-state index in [1.165, 1.54) is 17.1 Å². The Bertz CT molecular complexity index is 499. The molecule has 10 nitrogen and oxygen atoms in total. The number of anilines is 1. The summed E-state index contributed by atoms with van der Waals surface area (Å²) in [5, 5.41) is 23.7. The fraction of sp³-hybridized carbons (Fsp3) is 0.455. The number of hydrogen-bond acceptors (Lipinski definition) is 5. The predicted octanol–water partition coefficient (Wildman–Crippen LogP) is -0.467. The third kappa shape index (κ3) is 5.91. The number of aromatic nitrogens is 2. The Morgan fingerprint density at radius 3 is 2.48 bits per heavy atom. The van der Waals surface area contributed by atoms with Gasteiger partial charge in [0.1, 0.15) is 13.1 Å². The van der Waals surface area contributed by atoms with Crippen LogP contribution >= 0.6 is 0 Å². The first-order chi connectivity index (χ1) is 9.92. The minimum Gasteiger partial charge on any atom is -0.480 e. The number of carboxylic acids is 2. The molecule has 0 unspecified atom stereocenters. The minimum atomic E-state index is -1.30. The number of nitrogens with zero attached hydrogens (tertiary/aromatic N) is 3. The summed E-state index contributed by atoms with van der Waals surface area (Å²) >= 11 is 0. The van der Waals surface area contributed by atoms with Gasteiger partial charge in [-0.3, -0.25) is 14.3 Å². The van der Waals surface area contributed by atoms with Gasteiger partial charge in [0.15, 0.2) is 0 Å². The van der Waals surface area contributed by atoms with Gasteiger partial charge < -0.3 is 25.2 Å². The number of carbonyl (C=O) groups is 3. The van der Waals surface area contributed by atoms with Crippen LogP contribution in [0.1, 0.15) is 0 Å². The largest absolute Gasteiger partial charge is 0.480 e. The SMILES string of the molecule is COCCn1cc(NC(=O)N(CC(=O)O)CC(=O)O)cn1. The molecular weight excluding hydrogens is 284 g/mol. The van der Waals surface area contributed by atoms with Gasteiger partial charge in [-0.05, 0) is 0 Å². The number of ether oxygens (including phenoxy) is 1. The van der Waals surface area contributed by atoms with E-state index in [-0.39, 0.29) is 0 Å². The lowest BCUT2D eigenvalue weighted by Crippen LogP contribution is -2.41. The lowest BCUT2D eigenvalue weighted by molar-refractivity contribution is -0.140. The van der Waals surface area contributed by atoms with Crippen LogP contribution in [0.5, 0.6) is 0 Å².